The molecule has 0 aromatic heterocycles. The lowest BCUT2D eigenvalue weighted by molar-refractivity contribution is -0.870. The van der Waals surface area contributed by atoms with Crippen LogP contribution in [0.1, 0.15) is 200 Å². The van der Waals surface area contributed by atoms with E-state index in [0.29, 0.717) is 17.4 Å². The minimum absolute atomic E-state index is 0.00823. The lowest BCUT2D eigenvalue weighted by Crippen LogP contribution is -2.45. The second-order valence-corrected chi connectivity index (χ2v) is 18.1. The predicted octanol–water partition coefficient (Wildman–Crippen LogP) is 12.1. The molecule has 0 saturated carbocycles. The van der Waals surface area contributed by atoms with Crippen LogP contribution in [0.15, 0.2) is 36.5 Å². The standard InChI is InChI=1S/C46H89N2O6P/c1-6-8-10-12-14-16-18-19-20-21-22-23-24-25-26-27-28-29-30-32-34-36-38-40-46(50)47-44(43-54-55(51,52)53-42-41-48(3,4)5)45(49)39-37-35-33-31-17-15-13-11-9-7-2/h9,11,17,31,37,39,44-45,49H,6-8,10,12-16,18-30,32-36,38,40-43H2,1-5H3,(H-,47,50,51,52)/b11-9+,31-17+,39-37+. The van der Waals surface area contributed by atoms with Gasteiger partial charge in [-0.05, 0) is 38.5 Å². The quantitative estimate of drug-likeness (QED) is 0.0276. The second-order valence-electron chi connectivity index (χ2n) is 16.7. The number of likely N-dealkylation sites (N-methyl/N-ethyl adjacent to an activating group) is 1. The molecule has 0 heterocycles. The third-order valence-electron chi connectivity index (χ3n) is 10.1. The first-order valence-electron chi connectivity index (χ1n) is 22.9. The van der Waals surface area contributed by atoms with Crippen molar-refractivity contribution in [1.82, 2.24) is 5.32 Å². The number of nitrogens with one attached hydrogen (secondary N) is 1. The van der Waals surface area contributed by atoms with Crippen LogP contribution in [0, 0.1) is 0 Å². The number of aliphatic hydroxyl groups excluding tert-OH is 1. The zero-order valence-electron chi connectivity index (χ0n) is 36.6. The Labute approximate surface area is 340 Å². The molecule has 0 fully saturated rings. The van der Waals surface area contributed by atoms with E-state index < -0.39 is 26.6 Å². The van der Waals surface area contributed by atoms with Crippen molar-refractivity contribution in [3.8, 4) is 0 Å². The highest BCUT2D eigenvalue weighted by Gasteiger charge is 2.23. The first-order chi connectivity index (χ1) is 26.5. The topological polar surface area (TPSA) is 108 Å². The molecule has 0 saturated heterocycles. The number of nitrogens with zero attached hydrogens (tertiary/aromatic N) is 1. The van der Waals surface area contributed by atoms with Gasteiger partial charge < -0.3 is 28.8 Å². The fraction of sp³-hybridized carbons (Fsp3) is 0.848. The van der Waals surface area contributed by atoms with Crippen LogP contribution in [-0.2, 0) is 18.4 Å². The van der Waals surface area contributed by atoms with Crippen molar-refractivity contribution in [2.75, 3.05) is 40.9 Å². The van der Waals surface area contributed by atoms with Gasteiger partial charge in [0, 0.05) is 6.42 Å². The van der Waals surface area contributed by atoms with Gasteiger partial charge in [-0.2, -0.15) is 0 Å². The molecule has 1 amide bonds. The van der Waals surface area contributed by atoms with Crippen molar-refractivity contribution in [3.05, 3.63) is 36.5 Å². The first-order valence-corrected chi connectivity index (χ1v) is 24.3. The summed E-state index contributed by atoms with van der Waals surface area (Å²) in [4.78, 5) is 25.2. The lowest BCUT2D eigenvalue weighted by Gasteiger charge is -2.29. The summed E-state index contributed by atoms with van der Waals surface area (Å²) in [5, 5.41) is 13.7. The number of phosphoric ester groups is 1. The third-order valence-corrected chi connectivity index (χ3v) is 11.1. The van der Waals surface area contributed by atoms with Gasteiger partial charge in [0.15, 0.2) is 0 Å². The highest BCUT2D eigenvalue weighted by atomic mass is 31.2. The smallest absolute Gasteiger partial charge is 0.268 e. The average molecular weight is 797 g/mol. The van der Waals surface area contributed by atoms with Gasteiger partial charge in [0.1, 0.15) is 13.2 Å². The highest BCUT2D eigenvalue weighted by molar-refractivity contribution is 7.45. The first kappa shape index (κ1) is 53.7. The van der Waals surface area contributed by atoms with Crippen LogP contribution in [-0.4, -0.2) is 68.5 Å². The van der Waals surface area contributed by atoms with Gasteiger partial charge in [-0.15, -0.1) is 0 Å². The molecule has 0 aliphatic carbocycles. The summed E-state index contributed by atoms with van der Waals surface area (Å²) < 4.78 is 23.1. The molecule has 9 heteroatoms. The molecule has 0 aliphatic heterocycles. The highest BCUT2D eigenvalue weighted by Crippen LogP contribution is 2.38. The number of carbonyl (C=O) groups excluding carboxylic acids is 1. The van der Waals surface area contributed by atoms with E-state index in [0.717, 1.165) is 51.4 Å². The van der Waals surface area contributed by atoms with E-state index in [4.69, 9.17) is 9.05 Å². The van der Waals surface area contributed by atoms with Crippen LogP contribution in [0.2, 0.25) is 0 Å². The number of unbranched alkanes of at least 4 members (excludes halogenated alkanes) is 24. The minimum Gasteiger partial charge on any atom is -0.756 e. The fourth-order valence-corrected chi connectivity index (χ4v) is 7.21. The Morgan fingerprint density at radius 1 is 0.636 bits per heavy atom. The summed E-state index contributed by atoms with van der Waals surface area (Å²) in [6, 6.07) is -0.904. The van der Waals surface area contributed by atoms with Gasteiger partial charge in [0.2, 0.25) is 5.91 Å². The molecule has 8 nitrogen and oxygen atoms in total. The number of allylic oxidation sites excluding steroid dienone is 5. The number of carbonyl (C=O) groups is 1. The molecule has 3 atom stereocenters. The molecule has 324 valence electrons. The summed E-state index contributed by atoms with van der Waals surface area (Å²) >= 11 is 0. The fourth-order valence-electron chi connectivity index (χ4n) is 6.49. The number of phosphoric acid groups is 1. The van der Waals surface area contributed by atoms with Gasteiger partial charge in [-0.1, -0.05) is 192 Å². The summed E-state index contributed by atoms with van der Waals surface area (Å²) in [6.07, 6.45) is 46.5. The Morgan fingerprint density at radius 2 is 1.04 bits per heavy atom. The maximum Gasteiger partial charge on any atom is 0.268 e. The van der Waals surface area contributed by atoms with E-state index in [9.17, 15) is 19.4 Å². The molecule has 0 rings (SSSR count). The Balaban J connectivity index is 4.21. The van der Waals surface area contributed by atoms with Gasteiger partial charge in [-0.25, -0.2) is 0 Å². The van der Waals surface area contributed by atoms with Crippen molar-refractivity contribution in [3.63, 3.8) is 0 Å². The molecule has 0 aliphatic rings. The number of hydrogen-bond donors (Lipinski definition) is 2. The Kier molecular flexibility index (Phi) is 37.4. The maximum absolute atomic E-state index is 12.8. The van der Waals surface area contributed by atoms with Crippen LogP contribution in [0.5, 0.6) is 0 Å². The molecule has 0 spiro atoms. The van der Waals surface area contributed by atoms with Crippen LogP contribution in [0.4, 0.5) is 0 Å². The van der Waals surface area contributed by atoms with Gasteiger partial charge >= 0.3 is 0 Å². The van der Waals surface area contributed by atoms with Crippen LogP contribution >= 0.6 is 7.82 Å². The molecule has 0 aromatic carbocycles. The van der Waals surface area contributed by atoms with Crippen LogP contribution in [0.3, 0.4) is 0 Å². The number of quaternary nitrogens is 1. The molecule has 3 unspecified atom stereocenters. The summed E-state index contributed by atoms with van der Waals surface area (Å²) in [5.41, 5.74) is 0. The number of rotatable bonds is 41. The van der Waals surface area contributed by atoms with Crippen molar-refractivity contribution in [2.24, 2.45) is 0 Å². The molecule has 2 N–H and O–H groups in total. The molecular formula is C46H89N2O6P. The van der Waals surface area contributed by atoms with Crippen molar-refractivity contribution >= 4 is 13.7 Å². The monoisotopic (exact) mass is 797 g/mol. The summed E-state index contributed by atoms with van der Waals surface area (Å²) in [5.74, 6) is -0.212. The zero-order valence-corrected chi connectivity index (χ0v) is 37.5. The Bertz CT molecular complexity index is 995. The maximum atomic E-state index is 12.8. The van der Waals surface area contributed by atoms with Crippen LogP contribution in [0.25, 0.3) is 0 Å². The van der Waals surface area contributed by atoms with E-state index in [-0.39, 0.29) is 12.5 Å². The van der Waals surface area contributed by atoms with Gasteiger partial charge in [0.25, 0.3) is 7.82 Å². The molecular weight excluding hydrogens is 707 g/mol. The van der Waals surface area contributed by atoms with E-state index >= 15 is 0 Å². The number of amides is 1. The van der Waals surface area contributed by atoms with E-state index in [1.54, 1.807) is 6.08 Å². The normalized spacial score (nSPS) is 14.7. The minimum atomic E-state index is -4.59. The summed E-state index contributed by atoms with van der Waals surface area (Å²) in [6.45, 7) is 4.50. The largest absolute Gasteiger partial charge is 0.756 e. The SMILES string of the molecule is CC/C=C/CC/C=C/CC/C=C/C(O)C(COP(=O)([O-])OCC[N+](C)(C)C)NC(=O)CCCCCCCCCCCCCCCCCCCCCCCCC. The van der Waals surface area contributed by atoms with Gasteiger partial charge in [-0.3, -0.25) is 9.36 Å². The zero-order chi connectivity index (χ0) is 40.7. The van der Waals surface area contributed by atoms with Gasteiger partial charge in [0.05, 0.1) is 39.9 Å². The Hall–Kier alpha value is -1.28. The number of hydrogen-bond acceptors (Lipinski definition) is 6. The third kappa shape index (κ3) is 40.7. The lowest BCUT2D eigenvalue weighted by atomic mass is 10.0. The molecule has 0 aromatic rings. The van der Waals surface area contributed by atoms with Crippen molar-refractivity contribution in [1.29, 1.82) is 0 Å². The van der Waals surface area contributed by atoms with E-state index in [2.05, 4.69) is 43.5 Å². The van der Waals surface area contributed by atoms with Crippen molar-refractivity contribution in [2.45, 2.75) is 212 Å². The predicted molar refractivity (Wildman–Crippen MR) is 233 cm³/mol. The molecule has 0 bridgehead atoms. The van der Waals surface area contributed by atoms with E-state index in [1.165, 1.54) is 128 Å². The average Bonchev–Trinajstić information content (AvgIpc) is 3.13. The number of aliphatic hydroxyl groups is 1. The molecule has 55 heavy (non-hydrogen) atoms. The van der Waals surface area contributed by atoms with E-state index in [1.807, 2.05) is 27.2 Å². The summed E-state index contributed by atoms with van der Waals surface area (Å²) in [7, 11) is 1.24. The molecule has 0 radical (unpaired) electrons. The Morgan fingerprint density at radius 3 is 1.45 bits per heavy atom. The van der Waals surface area contributed by atoms with Crippen molar-refractivity contribution < 1.29 is 32.9 Å². The second kappa shape index (κ2) is 38.2. The van der Waals surface area contributed by atoms with Crippen LogP contribution < -0.4 is 10.2 Å².